The van der Waals surface area contributed by atoms with E-state index >= 15 is 0 Å². The third kappa shape index (κ3) is 3.63. The molecule has 2 aromatic carbocycles. The van der Waals surface area contributed by atoms with Crippen LogP contribution < -0.4 is 5.32 Å². The van der Waals surface area contributed by atoms with E-state index in [1.54, 1.807) is 17.4 Å². The van der Waals surface area contributed by atoms with E-state index in [4.69, 9.17) is 11.6 Å². The second-order valence-corrected chi connectivity index (χ2v) is 6.25. The number of nitrogens with one attached hydrogen (secondary N) is 1. The highest BCUT2D eigenvalue weighted by molar-refractivity contribution is 7.15. The van der Waals surface area contributed by atoms with Crippen molar-refractivity contribution in [2.24, 2.45) is 0 Å². The monoisotopic (exact) mass is 317 g/mol. The first-order valence-corrected chi connectivity index (χ1v) is 7.74. The molecule has 0 radical (unpaired) electrons. The van der Waals surface area contributed by atoms with Crippen LogP contribution in [0.15, 0.2) is 60.7 Å². The quantitative estimate of drug-likeness (QED) is 0.639. The third-order valence-electron chi connectivity index (χ3n) is 3.05. The SMILES string of the molecule is Fc1cc(Cl)cc(NCc2ccc(-c3ccccc3)s2)c1. The first-order valence-electron chi connectivity index (χ1n) is 6.55. The summed E-state index contributed by atoms with van der Waals surface area (Å²) in [5.41, 5.74) is 1.90. The van der Waals surface area contributed by atoms with Gasteiger partial charge in [-0.2, -0.15) is 0 Å². The van der Waals surface area contributed by atoms with Crippen molar-refractivity contribution in [1.29, 1.82) is 0 Å². The molecule has 0 saturated carbocycles. The predicted octanol–water partition coefficient (Wildman–Crippen LogP) is 5.82. The zero-order chi connectivity index (χ0) is 14.7. The molecule has 0 unspecified atom stereocenters. The third-order valence-corrected chi connectivity index (χ3v) is 4.40. The summed E-state index contributed by atoms with van der Waals surface area (Å²) in [6, 6.07) is 18.9. The second-order valence-electron chi connectivity index (χ2n) is 4.64. The average Bonchev–Trinajstić information content (AvgIpc) is 2.94. The van der Waals surface area contributed by atoms with Gasteiger partial charge in [0.15, 0.2) is 0 Å². The van der Waals surface area contributed by atoms with E-state index in [1.807, 2.05) is 18.2 Å². The van der Waals surface area contributed by atoms with Gasteiger partial charge in [0, 0.05) is 27.0 Å². The van der Waals surface area contributed by atoms with Crippen LogP contribution in [0.2, 0.25) is 5.02 Å². The first-order chi connectivity index (χ1) is 10.2. The van der Waals surface area contributed by atoms with Gasteiger partial charge in [-0.25, -0.2) is 4.39 Å². The lowest BCUT2D eigenvalue weighted by Gasteiger charge is -2.05. The Bertz CT molecular complexity index is 719. The summed E-state index contributed by atoms with van der Waals surface area (Å²) in [5, 5.41) is 3.59. The maximum Gasteiger partial charge on any atom is 0.126 e. The number of hydrogen-bond donors (Lipinski definition) is 1. The Balaban J connectivity index is 1.70. The van der Waals surface area contributed by atoms with Crippen molar-refractivity contribution in [2.75, 3.05) is 5.32 Å². The Kier molecular flexibility index (Phi) is 4.23. The highest BCUT2D eigenvalue weighted by Crippen LogP contribution is 2.28. The van der Waals surface area contributed by atoms with Crippen molar-refractivity contribution in [3.63, 3.8) is 0 Å². The summed E-state index contributed by atoms with van der Waals surface area (Å²) in [6.45, 7) is 0.650. The lowest BCUT2D eigenvalue weighted by Crippen LogP contribution is -1.97. The highest BCUT2D eigenvalue weighted by Gasteiger charge is 2.03. The maximum absolute atomic E-state index is 13.3. The Labute approximate surface area is 132 Å². The number of anilines is 1. The van der Waals surface area contributed by atoms with Gasteiger partial charge in [-0.3, -0.25) is 0 Å². The Morgan fingerprint density at radius 2 is 1.81 bits per heavy atom. The predicted molar refractivity (Wildman–Crippen MR) is 88.5 cm³/mol. The van der Waals surface area contributed by atoms with Gasteiger partial charge in [0.1, 0.15) is 5.82 Å². The Morgan fingerprint density at radius 1 is 1.00 bits per heavy atom. The fraction of sp³-hybridized carbons (Fsp3) is 0.0588. The van der Waals surface area contributed by atoms with Gasteiger partial charge in [-0.05, 0) is 35.9 Å². The van der Waals surface area contributed by atoms with Gasteiger partial charge >= 0.3 is 0 Å². The molecule has 0 amide bonds. The fourth-order valence-electron chi connectivity index (χ4n) is 2.08. The molecular weight excluding hydrogens is 305 g/mol. The molecule has 0 spiro atoms. The smallest absolute Gasteiger partial charge is 0.126 e. The number of hydrogen-bond acceptors (Lipinski definition) is 2. The first kappa shape index (κ1) is 14.1. The van der Waals surface area contributed by atoms with E-state index < -0.39 is 0 Å². The van der Waals surface area contributed by atoms with Crippen LogP contribution in [0.1, 0.15) is 4.88 Å². The molecule has 1 N–H and O–H groups in total. The van der Waals surface area contributed by atoms with E-state index in [0.717, 1.165) is 0 Å². The molecule has 0 fully saturated rings. The van der Waals surface area contributed by atoms with Crippen LogP contribution in [-0.4, -0.2) is 0 Å². The summed E-state index contributed by atoms with van der Waals surface area (Å²) in [5.74, 6) is -0.332. The minimum absolute atomic E-state index is 0.332. The molecule has 1 heterocycles. The van der Waals surface area contributed by atoms with Crippen molar-refractivity contribution in [3.8, 4) is 10.4 Å². The van der Waals surface area contributed by atoms with Gasteiger partial charge in [0.05, 0.1) is 0 Å². The minimum atomic E-state index is -0.332. The molecule has 1 aromatic heterocycles. The highest BCUT2D eigenvalue weighted by atomic mass is 35.5. The molecule has 21 heavy (non-hydrogen) atoms. The number of rotatable bonds is 4. The Hall–Kier alpha value is -1.84. The summed E-state index contributed by atoms with van der Waals surface area (Å²) in [4.78, 5) is 2.42. The summed E-state index contributed by atoms with van der Waals surface area (Å²) >= 11 is 7.56. The van der Waals surface area contributed by atoms with Crippen LogP contribution in [0, 0.1) is 5.82 Å². The summed E-state index contributed by atoms with van der Waals surface area (Å²) in [6.07, 6.45) is 0. The standard InChI is InChI=1S/C17H13ClFNS/c18-13-8-14(19)10-15(9-13)20-11-16-6-7-17(21-16)12-4-2-1-3-5-12/h1-10,20H,11H2. The van der Waals surface area contributed by atoms with Crippen molar-refractivity contribution >= 4 is 28.6 Å². The molecule has 106 valence electrons. The molecular formula is C17H13ClFNS. The number of halogens is 2. The molecule has 0 aliphatic heterocycles. The van der Waals surface area contributed by atoms with Crippen LogP contribution in [0.5, 0.6) is 0 Å². The van der Waals surface area contributed by atoms with Crippen LogP contribution in [0.4, 0.5) is 10.1 Å². The van der Waals surface area contributed by atoms with E-state index in [0.29, 0.717) is 17.3 Å². The van der Waals surface area contributed by atoms with Crippen LogP contribution in [-0.2, 0) is 6.54 Å². The zero-order valence-corrected chi connectivity index (χ0v) is 12.7. The lowest BCUT2D eigenvalue weighted by molar-refractivity contribution is 0.628. The molecule has 3 rings (SSSR count). The molecule has 4 heteroatoms. The molecule has 0 saturated heterocycles. The van der Waals surface area contributed by atoms with Crippen LogP contribution in [0.3, 0.4) is 0 Å². The largest absolute Gasteiger partial charge is 0.380 e. The van der Waals surface area contributed by atoms with E-state index in [-0.39, 0.29) is 5.82 Å². The summed E-state index contributed by atoms with van der Waals surface area (Å²) in [7, 11) is 0. The zero-order valence-electron chi connectivity index (χ0n) is 11.1. The van der Waals surface area contributed by atoms with E-state index in [9.17, 15) is 4.39 Å². The molecule has 0 atom stereocenters. The lowest BCUT2D eigenvalue weighted by atomic mass is 10.2. The van der Waals surface area contributed by atoms with Gasteiger partial charge in [-0.1, -0.05) is 41.9 Å². The van der Waals surface area contributed by atoms with Gasteiger partial charge in [0.25, 0.3) is 0 Å². The average molecular weight is 318 g/mol. The molecule has 0 bridgehead atoms. The van der Waals surface area contributed by atoms with Crippen LogP contribution in [0.25, 0.3) is 10.4 Å². The molecule has 0 aliphatic carbocycles. The van der Waals surface area contributed by atoms with Crippen molar-refractivity contribution < 1.29 is 4.39 Å². The van der Waals surface area contributed by atoms with Crippen molar-refractivity contribution in [1.82, 2.24) is 0 Å². The minimum Gasteiger partial charge on any atom is -0.380 e. The second kappa shape index (κ2) is 6.29. The van der Waals surface area contributed by atoms with E-state index in [1.165, 1.54) is 27.5 Å². The summed E-state index contributed by atoms with van der Waals surface area (Å²) < 4.78 is 13.3. The van der Waals surface area contributed by atoms with E-state index in [2.05, 4.69) is 29.6 Å². The molecule has 1 nitrogen and oxygen atoms in total. The van der Waals surface area contributed by atoms with Crippen LogP contribution >= 0.6 is 22.9 Å². The van der Waals surface area contributed by atoms with Gasteiger partial charge in [0.2, 0.25) is 0 Å². The number of thiophene rings is 1. The maximum atomic E-state index is 13.3. The van der Waals surface area contributed by atoms with Gasteiger partial charge < -0.3 is 5.32 Å². The number of benzene rings is 2. The van der Waals surface area contributed by atoms with Crippen molar-refractivity contribution in [3.05, 3.63) is 76.4 Å². The fourth-order valence-corrected chi connectivity index (χ4v) is 3.25. The topological polar surface area (TPSA) is 12.0 Å². The molecule has 0 aliphatic rings. The Morgan fingerprint density at radius 3 is 2.57 bits per heavy atom. The molecule has 3 aromatic rings. The van der Waals surface area contributed by atoms with Gasteiger partial charge in [-0.15, -0.1) is 11.3 Å². The normalized spacial score (nSPS) is 10.6. The van der Waals surface area contributed by atoms with Crippen molar-refractivity contribution in [2.45, 2.75) is 6.54 Å².